The summed E-state index contributed by atoms with van der Waals surface area (Å²) in [6.07, 6.45) is 2.93. The van der Waals surface area contributed by atoms with Gasteiger partial charge in [0.05, 0.1) is 5.92 Å². The molecule has 1 aliphatic carbocycles. The molecule has 1 aliphatic rings. The van der Waals surface area contributed by atoms with E-state index in [-0.39, 0.29) is 5.78 Å². The largest absolute Gasteiger partial charge is 0.321 e. The van der Waals surface area contributed by atoms with Crippen LogP contribution in [-0.4, -0.2) is 23.6 Å². The van der Waals surface area contributed by atoms with Gasteiger partial charge in [-0.3, -0.25) is 9.59 Å². The van der Waals surface area contributed by atoms with Crippen LogP contribution in [0.4, 0.5) is 10.5 Å². The second-order valence-electron chi connectivity index (χ2n) is 5.45. The maximum atomic E-state index is 12.6. The molecule has 0 radical (unpaired) electrons. The monoisotopic (exact) mass is 320 g/mol. The first kappa shape index (κ1) is 15.7. The Morgan fingerprint density at radius 1 is 0.875 bits per heavy atom. The molecule has 2 amide bonds. The van der Waals surface area contributed by atoms with Gasteiger partial charge in [-0.1, -0.05) is 54.6 Å². The van der Waals surface area contributed by atoms with Gasteiger partial charge in [0.25, 0.3) is 0 Å². The average molecular weight is 320 g/mol. The molecule has 2 unspecified atom stereocenters. The van der Waals surface area contributed by atoms with Crippen LogP contribution >= 0.6 is 0 Å². The third-order valence-corrected chi connectivity index (χ3v) is 3.79. The van der Waals surface area contributed by atoms with E-state index < -0.39 is 23.8 Å². The standard InChI is InChI=1S/C19H16N2O3/c22-16-12-11-15(13-7-3-1-4-8-13)18(23)17(16)21-19(24)20-14-9-5-2-6-10-14/h1-12,15,17H,(H2,20,21,24). The molecule has 3 rings (SSSR count). The lowest BCUT2D eigenvalue weighted by molar-refractivity contribution is -0.128. The average Bonchev–Trinajstić information content (AvgIpc) is 2.60. The van der Waals surface area contributed by atoms with Crippen LogP contribution in [0.2, 0.25) is 0 Å². The summed E-state index contributed by atoms with van der Waals surface area (Å²) >= 11 is 0. The molecule has 0 aromatic heterocycles. The highest BCUT2D eigenvalue weighted by molar-refractivity contribution is 6.18. The van der Waals surface area contributed by atoms with Crippen molar-refractivity contribution in [3.8, 4) is 0 Å². The van der Waals surface area contributed by atoms with Gasteiger partial charge in [-0.2, -0.15) is 0 Å². The molecule has 24 heavy (non-hydrogen) atoms. The number of Topliss-reactive ketones (excluding diaryl/α,β-unsaturated/α-hetero) is 1. The van der Waals surface area contributed by atoms with Gasteiger partial charge in [0.15, 0.2) is 17.6 Å². The highest BCUT2D eigenvalue weighted by Gasteiger charge is 2.35. The quantitative estimate of drug-likeness (QED) is 0.854. The highest BCUT2D eigenvalue weighted by atomic mass is 16.2. The molecule has 0 saturated carbocycles. The zero-order chi connectivity index (χ0) is 16.9. The third-order valence-electron chi connectivity index (χ3n) is 3.79. The molecule has 2 atom stereocenters. The van der Waals surface area contributed by atoms with Crippen molar-refractivity contribution in [1.82, 2.24) is 5.32 Å². The molecule has 2 N–H and O–H groups in total. The minimum Gasteiger partial charge on any atom is -0.321 e. The molecule has 5 heteroatoms. The number of amides is 2. The van der Waals surface area contributed by atoms with E-state index >= 15 is 0 Å². The molecule has 2 aromatic carbocycles. The maximum Gasteiger partial charge on any atom is 0.320 e. The summed E-state index contributed by atoms with van der Waals surface area (Å²) in [6, 6.07) is 16.2. The minimum atomic E-state index is -1.18. The van der Waals surface area contributed by atoms with Crippen molar-refractivity contribution >= 4 is 23.3 Å². The lowest BCUT2D eigenvalue weighted by atomic mass is 9.84. The van der Waals surface area contributed by atoms with Crippen LogP contribution in [0.15, 0.2) is 72.8 Å². The Morgan fingerprint density at radius 2 is 1.50 bits per heavy atom. The van der Waals surface area contributed by atoms with Gasteiger partial charge in [-0.25, -0.2) is 4.79 Å². The molecule has 5 nitrogen and oxygen atoms in total. The summed E-state index contributed by atoms with van der Waals surface area (Å²) in [7, 11) is 0. The van der Waals surface area contributed by atoms with Crippen molar-refractivity contribution in [3.63, 3.8) is 0 Å². The van der Waals surface area contributed by atoms with Gasteiger partial charge in [0, 0.05) is 5.69 Å². The first-order valence-corrected chi connectivity index (χ1v) is 7.58. The van der Waals surface area contributed by atoms with E-state index in [0.29, 0.717) is 5.69 Å². The Morgan fingerprint density at radius 3 is 2.17 bits per heavy atom. The number of hydrogen-bond donors (Lipinski definition) is 2. The van der Waals surface area contributed by atoms with Crippen LogP contribution in [0.25, 0.3) is 0 Å². The van der Waals surface area contributed by atoms with E-state index in [9.17, 15) is 14.4 Å². The Hall–Kier alpha value is -3.21. The van der Waals surface area contributed by atoms with E-state index in [1.165, 1.54) is 6.08 Å². The number of ketones is 2. The first-order chi connectivity index (χ1) is 11.6. The van der Waals surface area contributed by atoms with Gasteiger partial charge in [-0.05, 0) is 23.8 Å². The predicted molar refractivity (Wildman–Crippen MR) is 90.7 cm³/mol. The molecule has 120 valence electrons. The molecule has 2 aromatic rings. The Bertz CT molecular complexity index is 785. The summed E-state index contributed by atoms with van der Waals surface area (Å²) in [5.41, 5.74) is 1.38. The number of urea groups is 1. The number of benzene rings is 2. The molecule has 0 fully saturated rings. The number of nitrogens with one attached hydrogen (secondary N) is 2. The maximum absolute atomic E-state index is 12.6. The van der Waals surface area contributed by atoms with Gasteiger partial charge in [-0.15, -0.1) is 0 Å². The molecule has 0 saturated heterocycles. The fourth-order valence-electron chi connectivity index (χ4n) is 2.60. The Balaban J connectivity index is 1.73. The van der Waals surface area contributed by atoms with Crippen LogP contribution in [0.1, 0.15) is 11.5 Å². The number of allylic oxidation sites excluding steroid dienone is 1. The molecule has 0 spiro atoms. The Kier molecular flexibility index (Phi) is 4.52. The SMILES string of the molecule is O=C(Nc1ccccc1)NC1C(=O)C=CC(c2ccccc2)C1=O. The molecular formula is C19H16N2O3. The highest BCUT2D eigenvalue weighted by Crippen LogP contribution is 2.23. The summed E-state index contributed by atoms with van der Waals surface area (Å²) in [4.78, 5) is 36.7. The van der Waals surface area contributed by atoms with Crippen molar-refractivity contribution in [2.75, 3.05) is 5.32 Å². The number of hydrogen-bond acceptors (Lipinski definition) is 3. The fourth-order valence-corrected chi connectivity index (χ4v) is 2.60. The smallest absolute Gasteiger partial charge is 0.320 e. The van der Waals surface area contributed by atoms with E-state index in [0.717, 1.165) is 5.56 Å². The van der Waals surface area contributed by atoms with Crippen LogP contribution in [0, 0.1) is 0 Å². The fraction of sp³-hybridized carbons (Fsp3) is 0.105. The van der Waals surface area contributed by atoms with Crippen LogP contribution in [-0.2, 0) is 9.59 Å². The topological polar surface area (TPSA) is 75.3 Å². The number of carbonyl (C=O) groups is 3. The van der Waals surface area contributed by atoms with Gasteiger partial charge in [0.2, 0.25) is 0 Å². The summed E-state index contributed by atoms with van der Waals surface area (Å²) in [6.45, 7) is 0. The van der Waals surface area contributed by atoms with Crippen molar-refractivity contribution in [1.29, 1.82) is 0 Å². The normalized spacial score (nSPS) is 19.8. The van der Waals surface area contributed by atoms with E-state index in [1.54, 1.807) is 30.3 Å². The number of rotatable bonds is 3. The van der Waals surface area contributed by atoms with Crippen molar-refractivity contribution < 1.29 is 14.4 Å². The predicted octanol–water partition coefficient (Wildman–Crippen LogP) is 2.67. The zero-order valence-corrected chi connectivity index (χ0v) is 12.8. The lowest BCUT2D eigenvalue weighted by Gasteiger charge is -2.23. The number of anilines is 1. The van der Waals surface area contributed by atoms with Gasteiger partial charge < -0.3 is 10.6 Å². The zero-order valence-electron chi connectivity index (χ0n) is 12.8. The number of para-hydroxylation sites is 1. The van der Waals surface area contributed by atoms with Gasteiger partial charge >= 0.3 is 6.03 Å². The summed E-state index contributed by atoms with van der Waals surface area (Å²) < 4.78 is 0. The van der Waals surface area contributed by atoms with Crippen LogP contribution in [0.5, 0.6) is 0 Å². The minimum absolute atomic E-state index is 0.336. The molecular weight excluding hydrogens is 304 g/mol. The third kappa shape index (κ3) is 3.41. The van der Waals surface area contributed by atoms with Gasteiger partial charge in [0.1, 0.15) is 0 Å². The van der Waals surface area contributed by atoms with Crippen LogP contribution < -0.4 is 10.6 Å². The molecule has 0 heterocycles. The summed E-state index contributed by atoms with van der Waals surface area (Å²) in [5, 5.41) is 5.07. The van der Waals surface area contributed by atoms with E-state index in [1.807, 2.05) is 36.4 Å². The molecule has 0 aliphatic heterocycles. The first-order valence-electron chi connectivity index (χ1n) is 7.58. The Labute approximate surface area is 139 Å². The van der Waals surface area contributed by atoms with Crippen LogP contribution in [0.3, 0.4) is 0 Å². The molecule has 0 bridgehead atoms. The lowest BCUT2D eigenvalue weighted by Crippen LogP contribution is -2.50. The van der Waals surface area contributed by atoms with E-state index in [2.05, 4.69) is 10.6 Å². The van der Waals surface area contributed by atoms with Crippen molar-refractivity contribution in [2.45, 2.75) is 12.0 Å². The van der Waals surface area contributed by atoms with Crippen molar-refractivity contribution in [3.05, 3.63) is 78.4 Å². The van der Waals surface area contributed by atoms with E-state index in [4.69, 9.17) is 0 Å². The van der Waals surface area contributed by atoms with Crippen molar-refractivity contribution in [2.24, 2.45) is 0 Å². The summed E-state index contributed by atoms with van der Waals surface area (Å²) in [5.74, 6) is -1.29. The second-order valence-corrected chi connectivity index (χ2v) is 5.45. The second kappa shape index (κ2) is 6.91. The number of carbonyl (C=O) groups excluding carboxylic acids is 3.